The fourth-order valence-electron chi connectivity index (χ4n) is 3.48. The van der Waals surface area contributed by atoms with Gasteiger partial charge in [-0.3, -0.25) is 4.68 Å². The molecule has 1 unspecified atom stereocenters. The number of hydrogen-bond donors (Lipinski definition) is 1. The minimum atomic E-state index is 0.485. The van der Waals surface area contributed by atoms with E-state index in [9.17, 15) is 0 Å². The van der Waals surface area contributed by atoms with E-state index in [2.05, 4.69) is 41.9 Å². The van der Waals surface area contributed by atoms with Gasteiger partial charge in [-0.05, 0) is 45.2 Å². The van der Waals surface area contributed by atoms with E-state index in [-0.39, 0.29) is 0 Å². The van der Waals surface area contributed by atoms with Crippen molar-refractivity contribution in [2.45, 2.75) is 78.3 Å². The second-order valence-electron chi connectivity index (χ2n) is 6.27. The van der Waals surface area contributed by atoms with Gasteiger partial charge in [0.15, 0.2) is 0 Å². The fraction of sp³-hybridized carbons (Fsp3) is 0.824. The van der Waals surface area contributed by atoms with Crippen molar-refractivity contribution in [2.24, 2.45) is 5.92 Å². The van der Waals surface area contributed by atoms with Crippen molar-refractivity contribution >= 4 is 0 Å². The molecule has 1 heterocycles. The maximum atomic E-state index is 4.63. The average molecular weight is 277 g/mol. The van der Waals surface area contributed by atoms with E-state index in [1.807, 2.05) is 0 Å². The molecule has 1 aliphatic rings. The Labute approximate surface area is 124 Å². The molecule has 1 aliphatic carbocycles. The molecule has 20 heavy (non-hydrogen) atoms. The molecule has 0 bridgehead atoms. The summed E-state index contributed by atoms with van der Waals surface area (Å²) in [5.41, 5.74) is 2.54. The van der Waals surface area contributed by atoms with E-state index >= 15 is 0 Å². The summed E-state index contributed by atoms with van der Waals surface area (Å²) in [6, 6.07) is 2.76. The Morgan fingerprint density at radius 3 is 2.70 bits per heavy atom. The van der Waals surface area contributed by atoms with Crippen molar-refractivity contribution in [3.63, 3.8) is 0 Å². The van der Waals surface area contributed by atoms with Crippen molar-refractivity contribution in [2.75, 3.05) is 6.54 Å². The van der Waals surface area contributed by atoms with Gasteiger partial charge in [0.1, 0.15) is 0 Å². The van der Waals surface area contributed by atoms with Crippen LogP contribution in [-0.2, 0) is 6.54 Å². The van der Waals surface area contributed by atoms with Gasteiger partial charge in [0, 0.05) is 12.6 Å². The van der Waals surface area contributed by atoms with Crippen molar-refractivity contribution in [3.05, 3.63) is 17.5 Å². The monoisotopic (exact) mass is 277 g/mol. The number of hydrogen-bond acceptors (Lipinski definition) is 2. The summed E-state index contributed by atoms with van der Waals surface area (Å²) < 4.78 is 2.19. The lowest BCUT2D eigenvalue weighted by molar-refractivity contribution is 0.293. The van der Waals surface area contributed by atoms with Crippen LogP contribution in [0.4, 0.5) is 0 Å². The van der Waals surface area contributed by atoms with Crippen LogP contribution < -0.4 is 5.32 Å². The highest BCUT2D eigenvalue weighted by atomic mass is 15.3. The summed E-state index contributed by atoms with van der Waals surface area (Å²) in [6.45, 7) is 8.61. The van der Waals surface area contributed by atoms with Gasteiger partial charge in [0.2, 0.25) is 0 Å². The number of aryl methyl sites for hydroxylation is 2. The zero-order chi connectivity index (χ0) is 14.4. The molecule has 1 aromatic rings. The quantitative estimate of drug-likeness (QED) is 0.808. The molecular weight excluding hydrogens is 246 g/mol. The lowest BCUT2D eigenvalue weighted by Crippen LogP contribution is -2.27. The molecule has 0 aromatic carbocycles. The van der Waals surface area contributed by atoms with Gasteiger partial charge in [0.25, 0.3) is 0 Å². The smallest absolute Gasteiger partial charge is 0.0597 e. The summed E-state index contributed by atoms with van der Waals surface area (Å²) in [5, 5.41) is 8.39. The standard InChI is InChI=1S/C17H31N3/c1-4-11-18-16(13-15-9-7-6-8-10-15)17-12-14(3)19-20(17)5-2/h12,15-16,18H,4-11,13H2,1-3H3. The number of rotatable bonds is 7. The van der Waals surface area contributed by atoms with Crippen LogP contribution in [0.1, 0.15) is 76.2 Å². The molecule has 0 amide bonds. The molecule has 1 fully saturated rings. The number of nitrogens with one attached hydrogen (secondary N) is 1. The number of aromatic nitrogens is 2. The molecule has 1 N–H and O–H groups in total. The predicted octanol–water partition coefficient (Wildman–Crippen LogP) is 4.22. The Morgan fingerprint density at radius 2 is 2.05 bits per heavy atom. The van der Waals surface area contributed by atoms with E-state index in [0.29, 0.717) is 6.04 Å². The second-order valence-corrected chi connectivity index (χ2v) is 6.27. The van der Waals surface area contributed by atoms with Gasteiger partial charge in [-0.2, -0.15) is 5.10 Å². The van der Waals surface area contributed by atoms with E-state index < -0.39 is 0 Å². The van der Waals surface area contributed by atoms with Crippen molar-refractivity contribution in [3.8, 4) is 0 Å². The molecule has 0 saturated heterocycles. The fourth-order valence-corrected chi connectivity index (χ4v) is 3.48. The van der Waals surface area contributed by atoms with Crippen LogP contribution in [0.3, 0.4) is 0 Å². The van der Waals surface area contributed by atoms with Crippen molar-refractivity contribution in [1.82, 2.24) is 15.1 Å². The van der Waals surface area contributed by atoms with Crippen LogP contribution in [0, 0.1) is 12.8 Å². The number of nitrogens with zero attached hydrogens (tertiary/aromatic N) is 2. The second kappa shape index (κ2) is 7.82. The summed E-state index contributed by atoms with van der Waals surface area (Å²) in [4.78, 5) is 0. The largest absolute Gasteiger partial charge is 0.309 e. The minimum Gasteiger partial charge on any atom is -0.309 e. The van der Waals surface area contributed by atoms with Crippen LogP contribution in [0.25, 0.3) is 0 Å². The van der Waals surface area contributed by atoms with Crippen LogP contribution in [-0.4, -0.2) is 16.3 Å². The molecule has 0 spiro atoms. The molecule has 1 saturated carbocycles. The van der Waals surface area contributed by atoms with Gasteiger partial charge in [0.05, 0.1) is 11.4 Å². The van der Waals surface area contributed by atoms with Gasteiger partial charge >= 0.3 is 0 Å². The van der Waals surface area contributed by atoms with Crippen molar-refractivity contribution < 1.29 is 0 Å². The lowest BCUT2D eigenvalue weighted by atomic mass is 9.84. The van der Waals surface area contributed by atoms with E-state index in [4.69, 9.17) is 0 Å². The normalized spacial score (nSPS) is 18.4. The lowest BCUT2D eigenvalue weighted by Gasteiger charge is -2.27. The van der Waals surface area contributed by atoms with Crippen LogP contribution in [0.2, 0.25) is 0 Å². The third-order valence-electron chi connectivity index (χ3n) is 4.52. The topological polar surface area (TPSA) is 29.9 Å². The molecule has 1 aromatic heterocycles. The molecular formula is C17H31N3. The van der Waals surface area contributed by atoms with Gasteiger partial charge < -0.3 is 5.32 Å². The van der Waals surface area contributed by atoms with E-state index in [1.54, 1.807) is 0 Å². The zero-order valence-corrected chi connectivity index (χ0v) is 13.5. The summed E-state index contributed by atoms with van der Waals surface area (Å²) in [6.07, 6.45) is 9.61. The van der Waals surface area contributed by atoms with Gasteiger partial charge in [-0.25, -0.2) is 0 Å². The predicted molar refractivity (Wildman–Crippen MR) is 84.9 cm³/mol. The highest BCUT2D eigenvalue weighted by Gasteiger charge is 2.22. The Morgan fingerprint density at radius 1 is 1.30 bits per heavy atom. The van der Waals surface area contributed by atoms with Crippen LogP contribution >= 0.6 is 0 Å². The maximum absolute atomic E-state index is 4.63. The average Bonchev–Trinajstić information content (AvgIpc) is 2.85. The van der Waals surface area contributed by atoms with Gasteiger partial charge in [-0.15, -0.1) is 0 Å². The summed E-state index contributed by atoms with van der Waals surface area (Å²) in [7, 11) is 0. The van der Waals surface area contributed by atoms with Crippen LogP contribution in [0.15, 0.2) is 6.07 Å². The van der Waals surface area contributed by atoms with Crippen molar-refractivity contribution in [1.29, 1.82) is 0 Å². The maximum Gasteiger partial charge on any atom is 0.0597 e. The van der Waals surface area contributed by atoms with Crippen LogP contribution in [0.5, 0.6) is 0 Å². The molecule has 1 atom stereocenters. The molecule has 2 rings (SSSR count). The Bertz CT molecular complexity index is 391. The third-order valence-corrected chi connectivity index (χ3v) is 4.52. The first kappa shape index (κ1) is 15.6. The molecule has 0 radical (unpaired) electrons. The Balaban J connectivity index is 2.08. The van der Waals surface area contributed by atoms with Gasteiger partial charge in [-0.1, -0.05) is 39.0 Å². The SMILES string of the molecule is CCCNC(CC1CCCCC1)c1cc(C)nn1CC. The third kappa shape index (κ3) is 4.08. The highest BCUT2D eigenvalue weighted by Crippen LogP contribution is 2.32. The van der Waals surface area contributed by atoms with E-state index in [1.165, 1.54) is 50.6 Å². The summed E-state index contributed by atoms with van der Waals surface area (Å²) >= 11 is 0. The summed E-state index contributed by atoms with van der Waals surface area (Å²) in [5.74, 6) is 0.901. The molecule has 3 nitrogen and oxygen atoms in total. The first-order valence-electron chi connectivity index (χ1n) is 8.52. The Hall–Kier alpha value is -0.830. The zero-order valence-electron chi connectivity index (χ0n) is 13.5. The molecule has 114 valence electrons. The first-order chi connectivity index (χ1) is 9.74. The molecule has 3 heteroatoms. The highest BCUT2D eigenvalue weighted by molar-refractivity contribution is 5.13. The molecule has 0 aliphatic heterocycles. The first-order valence-corrected chi connectivity index (χ1v) is 8.52. The van der Waals surface area contributed by atoms with E-state index in [0.717, 1.165) is 24.7 Å². The Kier molecular flexibility index (Phi) is 6.08. The minimum absolute atomic E-state index is 0.485.